The number of nitro groups is 1. The molecule has 1 aromatic rings. The van der Waals surface area contributed by atoms with Crippen LogP contribution in [-0.2, 0) is 4.79 Å². The molecule has 1 rings (SSSR count). The van der Waals surface area contributed by atoms with Gasteiger partial charge in [0, 0.05) is 6.07 Å². The van der Waals surface area contributed by atoms with E-state index in [4.69, 9.17) is 9.84 Å². The van der Waals surface area contributed by atoms with Crippen LogP contribution in [0, 0.1) is 10.1 Å². The number of carboxylic acids is 1. The monoisotopic (exact) mass is 282 g/mol. The Bertz CT molecular complexity index is 543. The van der Waals surface area contributed by atoms with Crippen molar-refractivity contribution in [3.63, 3.8) is 0 Å². The molecule has 1 atom stereocenters. The number of nitrogens with zero attached hydrogens (tertiary/aromatic N) is 1. The lowest BCUT2D eigenvalue weighted by atomic mass is 10.1. The largest absolute Gasteiger partial charge is 0.490 e. The molecule has 8 nitrogen and oxygen atoms in total. The van der Waals surface area contributed by atoms with E-state index < -0.39 is 22.8 Å². The van der Waals surface area contributed by atoms with Crippen LogP contribution in [0.1, 0.15) is 23.7 Å². The number of hydrogen-bond acceptors (Lipinski definition) is 5. The Morgan fingerprint density at radius 3 is 2.60 bits per heavy atom. The normalized spacial score (nSPS) is 11.5. The highest BCUT2D eigenvalue weighted by molar-refractivity contribution is 6.00. The molecule has 0 radical (unpaired) electrons. The van der Waals surface area contributed by atoms with Gasteiger partial charge in [0.05, 0.1) is 17.6 Å². The van der Waals surface area contributed by atoms with Gasteiger partial charge < -0.3 is 15.2 Å². The topological polar surface area (TPSA) is 119 Å². The molecule has 0 heterocycles. The average Bonchev–Trinajstić information content (AvgIpc) is 2.42. The zero-order valence-corrected chi connectivity index (χ0v) is 11.0. The number of carboxylic acid groups (broad SMARTS) is 1. The number of ether oxygens (including phenoxy) is 1. The number of amides is 1. The second-order valence-electron chi connectivity index (χ2n) is 3.89. The molecule has 0 aromatic heterocycles. The smallest absolute Gasteiger partial charge is 0.326 e. The zero-order chi connectivity index (χ0) is 15.3. The van der Waals surface area contributed by atoms with Crippen molar-refractivity contribution < 1.29 is 24.4 Å². The average molecular weight is 282 g/mol. The first-order valence-electron chi connectivity index (χ1n) is 5.77. The maximum Gasteiger partial charge on any atom is 0.326 e. The summed E-state index contributed by atoms with van der Waals surface area (Å²) < 4.78 is 4.88. The summed E-state index contributed by atoms with van der Waals surface area (Å²) in [7, 11) is 1.20. The summed E-state index contributed by atoms with van der Waals surface area (Å²) in [5.41, 5.74) is -0.440. The van der Waals surface area contributed by atoms with E-state index in [1.165, 1.54) is 25.3 Å². The van der Waals surface area contributed by atoms with E-state index in [9.17, 15) is 19.7 Å². The van der Waals surface area contributed by atoms with Gasteiger partial charge in [-0.15, -0.1) is 0 Å². The molecular formula is C12H14N2O6. The highest BCUT2D eigenvalue weighted by Crippen LogP contribution is 2.30. The number of hydrogen-bond donors (Lipinski definition) is 2. The predicted molar refractivity (Wildman–Crippen MR) is 68.8 cm³/mol. The maximum absolute atomic E-state index is 12.0. The molecule has 0 aliphatic rings. The Labute approximate surface area is 114 Å². The standard InChI is InChI=1S/C12H14N2O6/c1-3-8(12(16)17)13-11(15)7-5-4-6-9(14(18)19)10(7)20-2/h4-6,8H,3H2,1-2H3,(H,13,15)(H,16,17)/t8-/m0/s1. The van der Waals surface area contributed by atoms with E-state index in [1.54, 1.807) is 6.92 Å². The molecule has 1 aromatic carbocycles. The predicted octanol–water partition coefficient (Wildman–Crippen LogP) is 1.20. The molecule has 0 saturated carbocycles. The van der Waals surface area contributed by atoms with Crippen LogP contribution in [0.5, 0.6) is 5.75 Å². The van der Waals surface area contributed by atoms with Crippen LogP contribution < -0.4 is 10.1 Å². The lowest BCUT2D eigenvalue weighted by Crippen LogP contribution is -2.40. The first-order chi connectivity index (χ1) is 9.42. The first-order valence-corrected chi connectivity index (χ1v) is 5.77. The van der Waals surface area contributed by atoms with Crippen LogP contribution >= 0.6 is 0 Å². The van der Waals surface area contributed by atoms with E-state index in [0.717, 1.165) is 0 Å². The summed E-state index contributed by atoms with van der Waals surface area (Å²) in [4.78, 5) is 33.0. The third-order valence-corrected chi connectivity index (χ3v) is 2.65. The van der Waals surface area contributed by atoms with Crippen molar-refractivity contribution in [1.29, 1.82) is 0 Å². The van der Waals surface area contributed by atoms with Gasteiger partial charge in [0.25, 0.3) is 5.91 Å². The summed E-state index contributed by atoms with van der Waals surface area (Å²) in [5, 5.41) is 22.0. The molecule has 0 spiro atoms. The quantitative estimate of drug-likeness (QED) is 0.597. The van der Waals surface area contributed by atoms with Crippen LogP contribution in [0.3, 0.4) is 0 Å². The molecule has 20 heavy (non-hydrogen) atoms. The van der Waals surface area contributed by atoms with Gasteiger partial charge in [0.1, 0.15) is 6.04 Å². The van der Waals surface area contributed by atoms with Gasteiger partial charge in [0.15, 0.2) is 0 Å². The number of para-hydroxylation sites is 1. The van der Waals surface area contributed by atoms with Crippen LogP contribution in [-0.4, -0.2) is 35.1 Å². The maximum atomic E-state index is 12.0. The number of aliphatic carboxylic acids is 1. The second-order valence-corrected chi connectivity index (χ2v) is 3.89. The van der Waals surface area contributed by atoms with Crippen molar-refractivity contribution in [2.24, 2.45) is 0 Å². The molecule has 0 fully saturated rings. The third kappa shape index (κ3) is 3.22. The van der Waals surface area contributed by atoms with E-state index in [-0.39, 0.29) is 23.4 Å². The number of methoxy groups -OCH3 is 1. The summed E-state index contributed by atoms with van der Waals surface area (Å²) in [6.45, 7) is 1.60. The van der Waals surface area contributed by atoms with E-state index in [0.29, 0.717) is 0 Å². The molecule has 1 amide bonds. The number of nitrogens with one attached hydrogen (secondary N) is 1. The first kappa shape index (κ1) is 15.4. The van der Waals surface area contributed by atoms with Gasteiger partial charge in [-0.1, -0.05) is 13.0 Å². The van der Waals surface area contributed by atoms with Crippen LogP contribution in [0.4, 0.5) is 5.69 Å². The van der Waals surface area contributed by atoms with Gasteiger partial charge in [-0.05, 0) is 12.5 Å². The summed E-state index contributed by atoms with van der Waals surface area (Å²) in [6, 6.07) is 2.79. The highest BCUT2D eigenvalue weighted by atomic mass is 16.6. The fourth-order valence-electron chi connectivity index (χ4n) is 1.64. The number of carbonyl (C=O) groups excluding carboxylic acids is 1. The zero-order valence-electron chi connectivity index (χ0n) is 11.0. The lowest BCUT2D eigenvalue weighted by molar-refractivity contribution is -0.385. The number of rotatable bonds is 6. The van der Waals surface area contributed by atoms with Crippen LogP contribution in [0.2, 0.25) is 0 Å². The lowest BCUT2D eigenvalue weighted by Gasteiger charge is -2.13. The Hall–Kier alpha value is -2.64. The van der Waals surface area contributed by atoms with E-state index >= 15 is 0 Å². The fourth-order valence-corrected chi connectivity index (χ4v) is 1.64. The summed E-state index contributed by atoms with van der Waals surface area (Å²) in [6.07, 6.45) is 0.193. The van der Waals surface area contributed by atoms with Crippen LogP contribution in [0.25, 0.3) is 0 Å². The van der Waals surface area contributed by atoms with Crippen LogP contribution in [0.15, 0.2) is 18.2 Å². The minimum atomic E-state index is -1.18. The van der Waals surface area contributed by atoms with Gasteiger partial charge >= 0.3 is 11.7 Å². The fraction of sp³-hybridized carbons (Fsp3) is 0.333. The van der Waals surface area contributed by atoms with Crippen molar-refractivity contribution in [2.75, 3.05) is 7.11 Å². The molecule has 0 saturated heterocycles. The van der Waals surface area contributed by atoms with Crippen molar-refractivity contribution in [1.82, 2.24) is 5.32 Å². The summed E-state index contributed by atoms with van der Waals surface area (Å²) >= 11 is 0. The Morgan fingerprint density at radius 1 is 1.50 bits per heavy atom. The van der Waals surface area contributed by atoms with Crippen molar-refractivity contribution >= 4 is 17.6 Å². The van der Waals surface area contributed by atoms with E-state index in [1.807, 2.05) is 0 Å². The Morgan fingerprint density at radius 2 is 2.15 bits per heavy atom. The molecule has 0 aliphatic carbocycles. The Kier molecular flexibility index (Phi) is 5.01. The number of nitro benzene ring substituents is 1. The van der Waals surface area contributed by atoms with Crippen molar-refractivity contribution in [3.8, 4) is 5.75 Å². The minimum absolute atomic E-state index is 0.0820. The minimum Gasteiger partial charge on any atom is -0.490 e. The molecular weight excluding hydrogens is 268 g/mol. The summed E-state index contributed by atoms with van der Waals surface area (Å²) in [5.74, 6) is -2.11. The van der Waals surface area contributed by atoms with Gasteiger partial charge in [-0.3, -0.25) is 14.9 Å². The van der Waals surface area contributed by atoms with E-state index in [2.05, 4.69) is 5.32 Å². The molecule has 8 heteroatoms. The number of benzene rings is 1. The molecule has 108 valence electrons. The molecule has 0 bridgehead atoms. The molecule has 2 N–H and O–H groups in total. The highest BCUT2D eigenvalue weighted by Gasteiger charge is 2.25. The van der Waals surface area contributed by atoms with Crippen molar-refractivity contribution in [3.05, 3.63) is 33.9 Å². The Balaban J connectivity index is 3.13. The molecule has 0 aliphatic heterocycles. The molecule has 0 unspecified atom stereocenters. The van der Waals surface area contributed by atoms with Crippen molar-refractivity contribution in [2.45, 2.75) is 19.4 Å². The number of carbonyl (C=O) groups is 2. The van der Waals surface area contributed by atoms with Gasteiger partial charge in [-0.25, -0.2) is 4.79 Å². The third-order valence-electron chi connectivity index (χ3n) is 2.65. The van der Waals surface area contributed by atoms with Gasteiger partial charge in [0.2, 0.25) is 5.75 Å². The van der Waals surface area contributed by atoms with Gasteiger partial charge in [-0.2, -0.15) is 0 Å². The second kappa shape index (κ2) is 6.50. The SMILES string of the molecule is CC[C@H](NC(=O)c1cccc([N+](=O)[O-])c1OC)C(=O)O.